The first-order valence-corrected chi connectivity index (χ1v) is 4.07. The molecule has 0 amide bonds. The van der Waals surface area contributed by atoms with Crippen LogP contribution in [0, 0.1) is 0 Å². The third-order valence-electron chi connectivity index (χ3n) is 1.88. The molecule has 0 aliphatic rings. The lowest BCUT2D eigenvalue weighted by molar-refractivity contribution is 1.11. The lowest BCUT2D eigenvalue weighted by Crippen LogP contribution is -1.73. The molecule has 0 heterocycles. The molecule has 2 heteroatoms. The number of benzene rings is 2. The average molecular weight is 255 g/mol. The molecule has 0 fully saturated rings. The number of rotatable bonds is 1. The predicted octanol–water partition coefficient (Wildman–Crippen LogP) is 4.08. The molecule has 0 radical (unpaired) electrons. The molecule has 0 atom stereocenters. The Balaban J connectivity index is 0.000000845. The van der Waals surface area contributed by atoms with Gasteiger partial charge in [0.2, 0.25) is 0 Å². The fourth-order valence-corrected chi connectivity index (χ4v) is 1.26. The van der Waals surface area contributed by atoms with Crippen molar-refractivity contribution in [2.45, 2.75) is 0 Å². The van der Waals surface area contributed by atoms with Gasteiger partial charge in [-0.1, -0.05) is 60.7 Å². The van der Waals surface area contributed by atoms with Crippen LogP contribution in [0.3, 0.4) is 0 Å². The van der Waals surface area contributed by atoms with Crippen LogP contribution in [0.4, 0.5) is 4.70 Å². The summed E-state index contributed by atoms with van der Waals surface area (Å²) in [7, 11) is 0. The minimum absolute atomic E-state index is 0. The van der Waals surface area contributed by atoms with E-state index < -0.39 is 0 Å². The van der Waals surface area contributed by atoms with Gasteiger partial charge >= 0.3 is 0 Å². The van der Waals surface area contributed by atoms with Crippen LogP contribution >= 0.6 is 17.0 Å². The Bertz CT molecular complexity index is 308. The van der Waals surface area contributed by atoms with Crippen LogP contribution in [-0.4, -0.2) is 0 Å². The average Bonchev–Trinajstić information content (AvgIpc) is 2.21. The summed E-state index contributed by atoms with van der Waals surface area (Å²) in [4.78, 5) is 0. The molecule has 2 aromatic rings. The molecule has 0 aliphatic heterocycles. The van der Waals surface area contributed by atoms with Gasteiger partial charge in [0, 0.05) is 0 Å². The van der Waals surface area contributed by atoms with Crippen LogP contribution in [0.25, 0.3) is 11.1 Å². The van der Waals surface area contributed by atoms with E-state index in [1.165, 1.54) is 11.1 Å². The van der Waals surface area contributed by atoms with E-state index in [-0.39, 0.29) is 21.7 Å². The predicted molar refractivity (Wildman–Crippen MR) is 64.7 cm³/mol. The van der Waals surface area contributed by atoms with Crippen molar-refractivity contribution in [2.75, 3.05) is 0 Å². The number of halogens is 2. The van der Waals surface area contributed by atoms with Gasteiger partial charge in [0.1, 0.15) is 0 Å². The maximum atomic E-state index is 2.12. The fourth-order valence-electron chi connectivity index (χ4n) is 1.26. The first kappa shape index (κ1) is 12.8. The summed E-state index contributed by atoms with van der Waals surface area (Å²) in [6, 6.07) is 20.8. The SMILES string of the molecule is Br.F.c1ccc(-c2ccccc2)cc1. The van der Waals surface area contributed by atoms with E-state index >= 15 is 0 Å². The molecule has 2 rings (SSSR count). The van der Waals surface area contributed by atoms with E-state index in [2.05, 4.69) is 48.5 Å². The lowest BCUT2D eigenvalue weighted by Gasteiger charge is -1.98. The van der Waals surface area contributed by atoms with Gasteiger partial charge in [-0.05, 0) is 11.1 Å². The highest BCUT2D eigenvalue weighted by Gasteiger charge is 1.91. The van der Waals surface area contributed by atoms with Gasteiger partial charge in [0.25, 0.3) is 0 Å². The van der Waals surface area contributed by atoms with Crippen molar-refractivity contribution in [3.05, 3.63) is 60.7 Å². The molecule has 0 spiro atoms. The third-order valence-corrected chi connectivity index (χ3v) is 1.88. The second-order valence-electron chi connectivity index (χ2n) is 2.73. The van der Waals surface area contributed by atoms with Crippen molar-refractivity contribution in [1.82, 2.24) is 0 Å². The largest absolute Gasteiger partial charge is 0.269 e. The third kappa shape index (κ3) is 2.96. The van der Waals surface area contributed by atoms with Crippen molar-refractivity contribution in [2.24, 2.45) is 0 Å². The number of hydrogen-bond acceptors (Lipinski definition) is 0. The first-order valence-electron chi connectivity index (χ1n) is 4.07. The zero-order valence-electron chi connectivity index (χ0n) is 7.59. The van der Waals surface area contributed by atoms with Gasteiger partial charge in [-0.2, -0.15) is 0 Å². The fraction of sp³-hybridized carbons (Fsp3) is 0. The van der Waals surface area contributed by atoms with E-state index in [0.29, 0.717) is 0 Å². The van der Waals surface area contributed by atoms with Crippen LogP contribution in [0.15, 0.2) is 60.7 Å². The molecule has 14 heavy (non-hydrogen) atoms. The summed E-state index contributed by atoms with van der Waals surface area (Å²) in [5, 5.41) is 0. The second-order valence-corrected chi connectivity index (χ2v) is 2.73. The molecule has 2 aromatic carbocycles. The van der Waals surface area contributed by atoms with Crippen LogP contribution in [0.1, 0.15) is 0 Å². The lowest BCUT2D eigenvalue weighted by atomic mass is 10.1. The minimum atomic E-state index is 0. The van der Waals surface area contributed by atoms with Gasteiger partial charge in [-0.25, -0.2) is 0 Å². The molecular weight excluding hydrogens is 243 g/mol. The normalized spacial score (nSPS) is 8.29. The summed E-state index contributed by atoms with van der Waals surface area (Å²) < 4.78 is 0. The van der Waals surface area contributed by atoms with E-state index in [1.807, 2.05) is 12.1 Å². The Morgan fingerprint density at radius 1 is 0.500 bits per heavy atom. The molecule has 0 aromatic heterocycles. The topological polar surface area (TPSA) is 0 Å². The van der Waals surface area contributed by atoms with Crippen molar-refractivity contribution in [3.63, 3.8) is 0 Å². The van der Waals surface area contributed by atoms with Crippen LogP contribution in [-0.2, 0) is 0 Å². The molecular formula is C12H12BrF. The summed E-state index contributed by atoms with van der Waals surface area (Å²) in [6.45, 7) is 0. The standard InChI is InChI=1S/C12H10.BrH.FH/c1-3-7-11(8-4-1)12-9-5-2-6-10-12;;/h1-10H;2*1H. The summed E-state index contributed by atoms with van der Waals surface area (Å²) in [5.41, 5.74) is 2.55. The molecule has 0 unspecified atom stereocenters. The van der Waals surface area contributed by atoms with Gasteiger partial charge in [-0.3, -0.25) is 4.70 Å². The van der Waals surface area contributed by atoms with Crippen molar-refractivity contribution in [1.29, 1.82) is 0 Å². The Labute approximate surface area is 93.7 Å². The van der Waals surface area contributed by atoms with Crippen LogP contribution in [0.5, 0.6) is 0 Å². The van der Waals surface area contributed by atoms with Crippen molar-refractivity contribution in [3.8, 4) is 11.1 Å². The Morgan fingerprint density at radius 2 is 0.786 bits per heavy atom. The van der Waals surface area contributed by atoms with Gasteiger partial charge < -0.3 is 0 Å². The van der Waals surface area contributed by atoms with Gasteiger partial charge in [0.05, 0.1) is 0 Å². The molecule has 0 saturated heterocycles. The highest BCUT2D eigenvalue weighted by atomic mass is 79.9. The molecule has 74 valence electrons. The minimum Gasteiger partial charge on any atom is -0.269 e. The highest BCUT2D eigenvalue weighted by molar-refractivity contribution is 8.93. The van der Waals surface area contributed by atoms with Crippen LogP contribution < -0.4 is 0 Å². The second kappa shape index (κ2) is 6.33. The van der Waals surface area contributed by atoms with E-state index in [1.54, 1.807) is 0 Å². The zero-order chi connectivity index (χ0) is 8.23. The summed E-state index contributed by atoms with van der Waals surface area (Å²) >= 11 is 0. The Morgan fingerprint density at radius 3 is 1.07 bits per heavy atom. The smallest absolute Gasteiger partial charge is 0.0184 e. The van der Waals surface area contributed by atoms with Crippen molar-refractivity contribution >= 4 is 17.0 Å². The molecule has 0 N–H and O–H groups in total. The van der Waals surface area contributed by atoms with Gasteiger partial charge in [0.15, 0.2) is 0 Å². The Hall–Kier alpha value is -1.15. The maximum Gasteiger partial charge on any atom is -0.0184 e. The molecule has 0 nitrogen and oxygen atoms in total. The van der Waals surface area contributed by atoms with Gasteiger partial charge in [-0.15, -0.1) is 17.0 Å². The number of hydrogen-bond donors (Lipinski definition) is 0. The highest BCUT2D eigenvalue weighted by Crippen LogP contribution is 2.17. The summed E-state index contributed by atoms with van der Waals surface area (Å²) in [5.74, 6) is 0. The molecule has 0 aliphatic carbocycles. The Kier molecular flexibility index (Phi) is 5.81. The van der Waals surface area contributed by atoms with E-state index in [4.69, 9.17) is 0 Å². The van der Waals surface area contributed by atoms with E-state index in [0.717, 1.165) is 0 Å². The zero-order valence-corrected chi connectivity index (χ0v) is 9.30. The summed E-state index contributed by atoms with van der Waals surface area (Å²) in [6.07, 6.45) is 0. The molecule has 0 saturated carbocycles. The van der Waals surface area contributed by atoms with Crippen molar-refractivity contribution < 1.29 is 4.70 Å². The molecule has 0 bridgehead atoms. The van der Waals surface area contributed by atoms with Crippen LogP contribution in [0.2, 0.25) is 0 Å². The maximum absolute atomic E-state index is 2.12. The quantitative estimate of drug-likeness (QED) is 0.720. The van der Waals surface area contributed by atoms with E-state index in [9.17, 15) is 0 Å². The monoisotopic (exact) mass is 254 g/mol. The first-order chi connectivity index (χ1) is 5.97.